The van der Waals surface area contributed by atoms with E-state index in [0.717, 1.165) is 53.2 Å². The first-order chi connectivity index (χ1) is 16.0. The molecule has 0 radical (unpaired) electrons. The highest BCUT2D eigenvalue weighted by molar-refractivity contribution is 6.30. The average Bonchev–Trinajstić information content (AvgIpc) is 3.52. The summed E-state index contributed by atoms with van der Waals surface area (Å²) in [7, 11) is 0. The van der Waals surface area contributed by atoms with Crippen LogP contribution in [0.15, 0.2) is 60.8 Å². The van der Waals surface area contributed by atoms with Crippen molar-refractivity contribution >= 4 is 28.8 Å². The number of hydrogen-bond acceptors (Lipinski definition) is 4. The average molecular weight is 460 g/mol. The van der Waals surface area contributed by atoms with Crippen LogP contribution in [-0.4, -0.2) is 33.1 Å². The zero-order valence-electron chi connectivity index (χ0n) is 18.7. The molecule has 0 atom stereocenters. The monoisotopic (exact) mass is 459 g/mol. The van der Waals surface area contributed by atoms with E-state index in [4.69, 9.17) is 16.7 Å². The van der Waals surface area contributed by atoms with Crippen molar-refractivity contribution in [3.8, 4) is 22.5 Å². The van der Waals surface area contributed by atoms with Gasteiger partial charge >= 0.3 is 0 Å². The molecule has 0 bridgehead atoms. The maximum Gasteiger partial charge on any atom is 0.251 e. The summed E-state index contributed by atoms with van der Waals surface area (Å²) in [5.74, 6) is 0.459. The fourth-order valence-electron chi connectivity index (χ4n) is 3.69. The zero-order chi connectivity index (χ0) is 22.9. The number of fused-ring (bicyclic) bond motifs is 1. The predicted octanol–water partition coefficient (Wildman–Crippen LogP) is 5.68. The first-order valence-electron chi connectivity index (χ1n) is 11.3. The van der Waals surface area contributed by atoms with Gasteiger partial charge in [0, 0.05) is 34.3 Å². The van der Waals surface area contributed by atoms with Gasteiger partial charge in [0.15, 0.2) is 5.65 Å². The summed E-state index contributed by atoms with van der Waals surface area (Å²) in [5, 5.41) is 12.1. The molecule has 7 heteroatoms. The van der Waals surface area contributed by atoms with Crippen LogP contribution in [0, 0.1) is 5.92 Å². The number of anilines is 1. The van der Waals surface area contributed by atoms with Crippen LogP contribution in [0.4, 0.5) is 5.69 Å². The Bertz CT molecular complexity index is 1310. The molecule has 2 N–H and O–H groups in total. The molecule has 0 saturated heterocycles. The summed E-state index contributed by atoms with van der Waals surface area (Å²) < 4.78 is 1.86. The smallest absolute Gasteiger partial charge is 0.251 e. The van der Waals surface area contributed by atoms with Crippen LogP contribution < -0.4 is 10.6 Å². The van der Waals surface area contributed by atoms with Gasteiger partial charge in [0.1, 0.15) is 0 Å². The van der Waals surface area contributed by atoms with Gasteiger partial charge in [-0.1, -0.05) is 49.7 Å². The van der Waals surface area contributed by atoms with E-state index in [1.807, 2.05) is 65.3 Å². The molecule has 168 valence electrons. The molecule has 1 amide bonds. The molecule has 2 aromatic heterocycles. The molecule has 2 aromatic carbocycles. The molecular formula is C26H26ClN5O. The lowest BCUT2D eigenvalue weighted by atomic mass is 10.1. The molecule has 2 heterocycles. The van der Waals surface area contributed by atoms with Crippen molar-refractivity contribution in [2.45, 2.75) is 32.7 Å². The van der Waals surface area contributed by atoms with Crippen molar-refractivity contribution in [3.05, 3.63) is 71.4 Å². The quantitative estimate of drug-likeness (QED) is 0.373. The van der Waals surface area contributed by atoms with E-state index in [0.29, 0.717) is 22.5 Å². The SMILES string of the molecule is CC(C)CNc1cc(-c2cccc(Cl)c2)nn2c(-c3ccc(C(=O)NC4CC4)cc3)cnc12. The fourth-order valence-corrected chi connectivity index (χ4v) is 3.88. The Hall–Kier alpha value is -3.38. The Labute approximate surface area is 198 Å². The van der Waals surface area contributed by atoms with E-state index in [9.17, 15) is 4.79 Å². The summed E-state index contributed by atoms with van der Waals surface area (Å²) >= 11 is 6.24. The minimum absolute atomic E-state index is 0.0243. The van der Waals surface area contributed by atoms with Crippen LogP contribution >= 0.6 is 11.6 Å². The zero-order valence-corrected chi connectivity index (χ0v) is 19.4. The molecule has 1 aliphatic carbocycles. The molecule has 33 heavy (non-hydrogen) atoms. The number of imidazole rings is 1. The van der Waals surface area contributed by atoms with Crippen LogP contribution in [0.2, 0.25) is 5.02 Å². The first kappa shape index (κ1) is 21.5. The Balaban J connectivity index is 1.55. The molecule has 5 rings (SSSR count). The lowest BCUT2D eigenvalue weighted by Crippen LogP contribution is -2.25. The van der Waals surface area contributed by atoms with Crippen molar-refractivity contribution in [1.82, 2.24) is 19.9 Å². The Kier molecular flexibility index (Phi) is 5.77. The van der Waals surface area contributed by atoms with Gasteiger partial charge in [-0.05, 0) is 49.1 Å². The second kappa shape index (κ2) is 8.87. The van der Waals surface area contributed by atoms with E-state index >= 15 is 0 Å². The van der Waals surface area contributed by atoms with Crippen LogP contribution in [-0.2, 0) is 0 Å². The third kappa shape index (κ3) is 4.71. The number of benzene rings is 2. The van der Waals surface area contributed by atoms with E-state index in [1.54, 1.807) is 0 Å². The molecule has 6 nitrogen and oxygen atoms in total. The highest BCUT2D eigenvalue weighted by Crippen LogP contribution is 2.29. The number of nitrogens with zero attached hydrogens (tertiary/aromatic N) is 3. The summed E-state index contributed by atoms with van der Waals surface area (Å²) in [6.45, 7) is 5.16. The molecule has 0 unspecified atom stereocenters. The van der Waals surface area contributed by atoms with Gasteiger partial charge in [-0.15, -0.1) is 0 Å². The van der Waals surface area contributed by atoms with E-state index in [2.05, 4.69) is 29.5 Å². The van der Waals surface area contributed by atoms with Crippen molar-refractivity contribution in [2.24, 2.45) is 5.92 Å². The lowest BCUT2D eigenvalue weighted by molar-refractivity contribution is 0.0951. The minimum Gasteiger partial charge on any atom is -0.382 e. The normalized spacial score (nSPS) is 13.5. The maximum atomic E-state index is 12.3. The Morgan fingerprint density at radius 2 is 1.91 bits per heavy atom. The van der Waals surface area contributed by atoms with Gasteiger partial charge in [-0.2, -0.15) is 5.10 Å². The van der Waals surface area contributed by atoms with E-state index < -0.39 is 0 Å². The summed E-state index contributed by atoms with van der Waals surface area (Å²) in [6, 6.07) is 17.6. The Morgan fingerprint density at radius 1 is 1.12 bits per heavy atom. The molecular weight excluding hydrogens is 434 g/mol. The van der Waals surface area contributed by atoms with Crippen LogP contribution in [0.5, 0.6) is 0 Å². The van der Waals surface area contributed by atoms with E-state index in [-0.39, 0.29) is 5.91 Å². The molecule has 4 aromatic rings. The number of aromatic nitrogens is 3. The van der Waals surface area contributed by atoms with Crippen LogP contribution in [0.3, 0.4) is 0 Å². The fraction of sp³-hybridized carbons (Fsp3) is 0.269. The van der Waals surface area contributed by atoms with Gasteiger partial charge in [-0.25, -0.2) is 9.50 Å². The van der Waals surface area contributed by atoms with Crippen LogP contribution in [0.25, 0.3) is 28.2 Å². The van der Waals surface area contributed by atoms with Gasteiger partial charge < -0.3 is 10.6 Å². The second-order valence-electron chi connectivity index (χ2n) is 8.93. The first-order valence-corrected chi connectivity index (χ1v) is 11.7. The highest BCUT2D eigenvalue weighted by Gasteiger charge is 2.23. The van der Waals surface area contributed by atoms with Crippen molar-refractivity contribution in [2.75, 3.05) is 11.9 Å². The summed E-state index contributed by atoms with van der Waals surface area (Å²) in [5.41, 5.74) is 5.87. The summed E-state index contributed by atoms with van der Waals surface area (Å²) in [6.07, 6.45) is 3.96. The van der Waals surface area contributed by atoms with Crippen molar-refractivity contribution in [1.29, 1.82) is 0 Å². The Morgan fingerprint density at radius 3 is 2.61 bits per heavy atom. The molecule has 0 aliphatic heterocycles. The largest absolute Gasteiger partial charge is 0.382 e. The topological polar surface area (TPSA) is 71.3 Å². The number of amides is 1. The molecule has 1 aliphatic rings. The number of rotatable bonds is 7. The van der Waals surface area contributed by atoms with Crippen LogP contribution in [0.1, 0.15) is 37.0 Å². The molecule has 0 spiro atoms. The highest BCUT2D eigenvalue weighted by atomic mass is 35.5. The second-order valence-corrected chi connectivity index (χ2v) is 9.37. The van der Waals surface area contributed by atoms with Gasteiger partial charge in [0.05, 0.1) is 23.3 Å². The lowest BCUT2D eigenvalue weighted by Gasteiger charge is -2.13. The minimum atomic E-state index is -0.0243. The third-order valence-corrected chi connectivity index (χ3v) is 5.88. The molecule has 1 saturated carbocycles. The van der Waals surface area contributed by atoms with Crippen molar-refractivity contribution in [3.63, 3.8) is 0 Å². The maximum absolute atomic E-state index is 12.3. The third-order valence-electron chi connectivity index (χ3n) is 5.64. The number of hydrogen-bond donors (Lipinski definition) is 2. The predicted molar refractivity (Wildman–Crippen MR) is 133 cm³/mol. The number of halogens is 1. The number of carbonyl (C=O) groups excluding carboxylic acids is 1. The van der Waals surface area contributed by atoms with E-state index in [1.165, 1.54) is 0 Å². The molecule has 1 fully saturated rings. The van der Waals surface area contributed by atoms with Gasteiger partial charge in [0.25, 0.3) is 5.91 Å². The number of nitrogens with one attached hydrogen (secondary N) is 2. The number of carbonyl (C=O) groups is 1. The van der Waals surface area contributed by atoms with Gasteiger partial charge in [-0.3, -0.25) is 4.79 Å². The van der Waals surface area contributed by atoms with Gasteiger partial charge in [0.2, 0.25) is 0 Å². The summed E-state index contributed by atoms with van der Waals surface area (Å²) in [4.78, 5) is 17.0. The van der Waals surface area contributed by atoms with Crippen molar-refractivity contribution < 1.29 is 4.79 Å². The standard InChI is InChI=1S/C26H26ClN5O/c1-16(2)14-28-23-13-22(19-4-3-5-20(27)12-19)31-32-24(15-29-25(23)32)17-6-8-18(9-7-17)26(33)30-21-10-11-21/h3-9,12-13,15-16,21,28H,10-11,14H2,1-2H3,(H,30,33).